The van der Waals surface area contributed by atoms with E-state index in [4.69, 9.17) is 21.3 Å². The van der Waals surface area contributed by atoms with Crippen molar-refractivity contribution in [3.8, 4) is 39.5 Å². The lowest BCUT2D eigenvalue weighted by molar-refractivity contribution is 0.310. The molecule has 0 fully saturated rings. The Hall–Kier alpha value is -5.15. The summed E-state index contributed by atoms with van der Waals surface area (Å²) in [6, 6.07) is 46.8. The summed E-state index contributed by atoms with van der Waals surface area (Å²) in [5.74, 6) is 1.92. The van der Waals surface area contributed by atoms with Gasteiger partial charge in [0.05, 0.1) is 5.75 Å². The van der Waals surface area contributed by atoms with Crippen LogP contribution < -0.4 is 11.4 Å². The highest BCUT2D eigenvalue weighted by molar-refractivity contribution is 6.40. The first-order chi connectivity index (χ1) is 21.6. The van der Waals surface area contributed by atoms with Gasteiger partial charge in [-0.3, -0.25) is 0 Å². The van der Waals surface area contributed by atoms with Crippen LogP contribution >= 0.6 is 0 Å². The Morgan fingerprint density at radius 3 is 1.52 bits per heavy atom. The maximum atomic E-state index is 6.80. The second kappa shape index (κ2) is 12.2. The first kappa shape index (κ1) is 27.7. The van der Waals surface area contributed by atoms with Crippen LogP contribution in [0.3, 0.4) is 0 Å². The second-order valence-electron chi connectivity index (χ2n) is 10.6. The zero-order valence-electron chi connectivity index (χ0n) is 24.5. The van der Waals surface area contributed by atoms with Gasteiger partial charge in [-0.15, -0.1) is 0 Å². The number of para-hydroxylation sites is 2. The maximum absolute atomic E-state index is 6.80. The van der Waals surface area contributed by atoms with E-state index in [9.17, 15) is 0 Å². The molecule has 5 nitrogen and oxygen atoms in total. The molecule has 7 rings (SSSR count). The Labute approximate surface area is 261 Å². The molecule has 44 heavy (non-hydrogen) atoms. The summed E-state index contributed by atoms with van der Waals surface area (Å²) in [6.07, 6.45) is 0. The molecule has 0 bridgehead atoms. The van der Waals surface area contributed by atoms with Crippen molar-refractivity contribution in [2.45, 2.75) is 13.8 Å². The van der Waals surface area contributed by atoms with Gasteiger partial charge in [0, 0.05) is 27.7 Å². The van der Waals surface area contributed by atoms with Crippen LogP contribution in [0, 0.1) is 13.8 Å². The molecule has 0 N–H and O–H groups in total. The Bertz CT molecular complexity index is 2000. The highest BCUT2D eigenvalue weighted by Gasteiger charge is 2.46. The molecule has 0 saturated carbocycles. The maximum Gasteiger partial charge on any atom is 1.20 e. The van der Waals surface area contributed by atoms with Crippen molar-refractivity contribution in [2.24, 2.45) is 0 Å². The molecule has 0 unspecified atom stereocenters. The third-order valence-electron chi connectivity index (χ3n) is 7.49. The summed E-state index contributed by atoms with van der Waals surface area (Å²) in [7, 11) is 0. The van der Waals surface area contributed by atoms with Crippen molar-refractivity contribution in [1.82, 2.24) is 9.97 Å². The van der Waals surface area contributed by atoms with E-state index in [0.717, 1.165) is 55.4 Å². The SMILES string of the molecule is Cc1ccc2cccc([O][Al]([O]c3ccc(-c4ccccc4)cc3-c3ccccc3)[O]c3cccc4ccc(C)nc34)c2n1. The number of rotatable bonds is 8. The molecule has 7 aromatic rings. The predicted octanol–water partition coefficient (Wildman–Crippen LogP) is 9.26. The summed E-state index contributed by atoms with van der Waals surface area (Å²) < 4.78 is 20.2. The number of nitrogens with zero attached hydrogens (tertiary/aromatic N) is 2. The van der Waals surface area contributed by atoms with Crippen molar-refractivity contribution in [1.29, 1.82) is 0 Å². The van der Waals surface area contributed by atoms with Gasteiger partial charge in [0.1, 0.15) is 22.5 Å². The van der Waals surface area contributed by atoms with E-state index in [0.29, 0.717) is 17.2 Å². The highest BCUT2D eigenvalue weighted by Crippen LogP contribution is 2.36. The molecule has 0 aliphatic heterocycles. The number of aromatic nitrogens is 2. The Morgan fingerprint density at radius 1 is 0.432 bits per heavy atom. The topological polar surface area (TPSA) is 53.5 Å². The summed E-state index contributed by atoms with van der Waals surface area (Å²) in [5, 5.41) is 1.97. The van der Waals surface area contributed by atoms with Crippen LogP contribution in [0.2, 0.25) is 0 Å². The molecule has 0 amide bonds. The number of fused-ring (bicyclic) bond motifs is 2. The van der Waals surface area contributed by atoms with Gasteiger partial charge < -0.3 is 11.4 Å². The minimum atomic E-state index is -2.98. The second-order valence-corrected chi connectivity index (χ2v) is 11.9. The van der Waals surface area contributed by atoms with Crippen molar-refractivity contribution in [2.75, 3.05) is 0 Å². The van der Waals surface area contributed by atoms with Crippen molar-refractivity contribution in [3.63, 3.8) is 0 Å². The molecule has 0 aliphatic rings. The number of benzene rings is 5. The normalized spacial score (nSPS) is 11.0. The predicted molar refractivity (Wildman–Crippen MR) is 178 cm³/mol. The van der Waals surface area contributed by atoms with Gasteiger partial charge in [-0.1, -0.05) is 103 Å². The Balaban J connectivity index is 1.33. The van der Waals surface area contributed by atoms with Gasteiger partial charge in [-0.05, 0) is 66.9 Å². The molecular weight excluding hydrogens is 559 g/mol. The summed E-state index contributed by atoms with van der Waals surface area (Å²) in [5.41, 5.74) is 7.58. The van der Waals surface area contributed by atoms with Crippen molar-refractivity contribution >= 4 is 37.0 Å². The van der Waals surface area contributed by atoms with Gasteiger partial charge in [0.15, 0.2) is 0 Å². The monoisotopic (exact) mass is 588 g/mol. The third kappa shape index (κ3) is 5.87. The molecule has 0 aliphatic carbocycles. The van der Waals surface area contributed by atoms with E-state index in [1.807, 2.05) is 105 Å². The minimum Gasteiger partial charge on any atom is -0.577 e. The number of aryl methyl sites for hydroxylation is 2. The van der Waals surface area contributed by atoms with Crippen molar-refractivity contribution < 1.29 is 11.4 Å². The highest BCUT2D eigenvalue weighted by atomic mass is 27.3. The minimum absolute atomic E-state index is 0.620. The van der Waals surface area contributed by atoms with Crippen LogP contribution in [0.1, 0.15) is 11.4 Å². The average molecular weight is 589 g/mol. The summed E-state index contributed by atoms with van der Waals surface area (Å²) in [4.78, 5) is 9.58. The van der Waals surface area contributed by atoms with Crippen LogP contribution in [0.25, 0.3) is 44.1 Å². The van der Waals surface area contributed by atoms with Gasteiger partial charge in [-0.25, -0.2) is 9.97 Å². The van der Waals surface area contributed by atoms with Crippen LogP contribution in [0.15, 0.2) is 140 Å². The van der Waals surface area contributed by atoms with Crippen LogP contribution in [0.4, 0.5) is 0 Å². The zero-order chi connectivity index (χ0) is 29.9. The van der Waals surface area contributed by atoms with Crippen LogP contribution in [-0.2, 0) is 0 Å². The molecule has 2 heterocycles. The van der Waals surface area contributed by atoms with Gasteiger partial charge >= 0.3 is 15.1 Å². The van der Waals surface area contributed by atoms with Gasteiger partial charge in [0.25, 0.3) is 0 Å². The largest absolute Gasteiger partial charge is 1.20 e. The molecule has 5 aromatic carbocycles. The zero-order valence-corrected chi connectivity index (χ0v) is 25.6. The molecule has 2 aromatic heterocycles. The lowest BCUT2D eigenvalue weighted by Crippen LogP contribution is -2.37. The molecule has 0 saturated heterocycles. The fraction of sp³-hybridized carbons (Fsp3) is 0.0526. The van der Waals surface area contributed by atoms with Crippen molar-refractivity contribution in [3.05, 3.63) is 151 Å². The standard InChI is InChI=1S/C18H14O.2C10H9NO.Al/c19-18-12-11-16(14-7-3-1-4-8-14)13-17(18)15-9-5-2-6-10-15;2*1-7-5-6-8-3-2-4-9(12)10(8)11-7;/h1-13,19H;2*2-6,12H,1H3;/q;;;+3/p-3. The van der Waals surface area contributed by atoms with E-state index in [-0.39, 0.29) is 0 Å². The van der Waals surface area contributed by atoms with E-state index < -0.39 is 15.1 Å². The number of hydrogen-bond donors (Lipinski definition) is 0. The fourth-order valence-corrected chi connectivity index (χ4v) is 6.65. The van der Waals surface area contributed by atoms with E-state index >= 15 is 0 Å². The first-order valence-corrected chi connectivity index (χ1v) is 16.0. The van der Waals surface area contributed by atoms with E-state index in [2.05, 4.69) is 48.5 Å². The molecular formula is C38H29AlN2O3. The fourth-order valence-electron chi connectivity index (χ4n) is 5.29. The van der Waals surface area contributed by atoms with E-state index in [1.165, 1.54) is 0 Å². The average Bonchev–Trinajstić information content (AvgIpc) is 3.06. The molecule has 6 heteroatoms. The van der Waals surface area contributed by atoms with Gasteiger partial charge in [0.2, 0.25) is 0 Å². The van der Waals surface area contributed by atoms with E-state index in [1.54, 1.807) is 0 Å². The Morgan fingerprint density at radius 2 is 0.955 bits per heavy atom. The number of pyridine rings is 2. The lowest BCUT2D eigenvalue weighted by atomic mass is 9.98. The van der Waals surface area contributed by atoms with Crippen LogP contribution in [0.5, 0.6) is 17.2 Å². The molecule has 0 radical (unpaired) electrons. The molecule has 212 valence electrons. The first-order valence-electron chi connectivity index (χ1n) is 14.6. The number of hydrogen-bond acceptors (Lipinski definition) is 5. The molecule has 0 spiro atoms. The van der Waals surface area contributed by atoms with Gasteiger partial charge in [-0.2, -0.15) is 0 Å². The summed E-state index contributed by atoms with van der Waals surface area (Å²) >= 11 is -2.98. The summed E-state index contributed by atoms with van der Waals surface area (Å²) in [6.45, 7) is 3.95. The van der Waals surface area contributed by atoms with Crippen LogP contribution in [-0.4, -0.2) is 25.1 Å². The Kier molecular flexibility index (Phi) is 7.69. The quantitative estimate of drug-likeness (QED) is 0.166. The lowest BCUT2D eigenvalue weighted by Gasteiger charge is -2.20. The molecule has 0 atom stereocenters. The third-order valence-corrected chi connectivity index (χ3v) is 8.83. The smallest absolute Gasteiger partial charge is 0.577 e.